The van der Waals surface area contributed by atoms with Crippen LogP contribution in [-0.4, -0.2) is 35.9 Å². The largest absolute Gasteiger partial charge is 0.398 e. The molecule has 0 spiro atoms. The lowest BCUT2D eigenvalue weighted by molar-refractivity contribution is 0.0981. The number of carbonyl (C=O) groups excluding carboxylic acids is 2. The summed E-state index contributed by atoms with van der Waals surface area (Å²) in [7, 11) is 0. The van der Waals surface area contributed by atoms with Gasteiger partial charge in [0.15, 0.2) is 11.6 Å². The van der Waals surface area contributed by atoms with E-state index in [1.165, 1.54) is 6.08 Å². The molecule has 0 radical (unpaired) electrons. The van der Waals surface area contributed by atoms with Crippen LogP contribution in [0, 0.1) is 0 Å². The Morgan fingerprint density at radius 1 is 0.838 bits per heavy atom. The highest BCUT2D eigenvalue weighted by atomic mass is 35.5. The first-order valence-electron chi connectivity index (χ1n) is 11.8. The van der Waals surface area contributed by atoms with Crippen LogP contribution in [-0.2, 0) is 0 Å². The zero-order valence-electron chi connectivity index (χ0n) is 21.0. The molecule has 1 aliphatic rings. The van der Waals surface area contributed by atoms with E-state index >= 15 is 0 Å². The van der Waals surface area contributed by atoms with E-state index in [4.69, 9.17) is 51.9 Å². The van der Waals surface area contributed by atoms with Crippen LogP contribution in [0.3, 0.4) is 0 Å². The van der Waals surface area contributed by atoms with Crippen LogP contribution in [0.1, 0.15) is 75.2 Å². The zero-order chi connectivity index (χ0) is 27.8. The number of nitrogens with two attached hydrogens (primary N) is 5. The van der Waals surface area contributed by atoms with Gasteiger partial charge in [-0.15, -0.1) is 29.8 Å². The molecule has 10 nitrogen and oxygen atoms in total. The highest BCUT2D eigenvalue weighted by Crippen LogP contribution is 2.48. The first kappa shape index (κ1) is 28.7. The fourth-order valence-corrected chi connectivity index (χ4v) is 4.97. The molecule has 5 atom stereocenters. The van der Waals surface area contributed by atoms with Gasteiger partial charge in [-0.1, -0.05) is 6.08 Å². The van der Waals surface area contributed by atoms with Gasteiger partial charge in [-0.3, -0.25) is 9.59 Å². The van der Waals surface area contributed by atoms with Gasteiger partial charge in [0, 0.05) is 34.1 Å². The minimum Gasteiger partial charge on any atom is -0.398 e. The summed E-state index contributed by atoms with van der Waals surface area (Å²) in [5.41, 5.74) is 33.0. The third-order valence-corrected chi connectivity index (χ3v) is 6.75. The molecule has 2 aromatic rings. The van der Waals surface area contributed by atoms with Gasteiger partial charge in [-0.2, -0.15) is 0 Å². The molecule has 1 aliphatic carbocycles. The van der Waals surface area contributed by atoms with Gasteiger partial charge in [-0.05, 0) is 32.9 Å². The topological polar surface area (TPSA) is 200 Å². The van der Waals surface area contributed by atoms with Crippen LogP contribution in [0.4, 0.5) is 22.7 Å². The maximum absolute atomic E-state index is 14.3. The lowest BCUT2D eigenvalue weighted by Gasteiger charge is -2.32. The smallest absolute Gasteiger partial charge is 0.198 e. The van der Waals surface area contributed by atoms with Crippen molar-refractivity contribution in [1.29, 1.82) is 0 Å². The molecule has 0 amide bonds. The maximum Gasteiger partial charge on any atom is 0.198 e. The molecule has 12 heteroatoms. The molecule has 2 aromatic carbocycles. The van der Waals surface area contributed by atoms with Crippen molar-refractivity contribution in [2.45, 2.75) is 50.7 Å². The standard InChI is InChI=1S/C25H34Cl2N8O2/c1-5-13(31)17-16(12(27)8-26)23(35-11(4)30)21-20(22(17)32)24(36)18-14(33-9(2)28)6-7-15(34-10(3)29)19(18)25(21)37/h5-7,9-13,33-35H,1,8,28-32H2,2-4H3. The number of halogens is 2. The van der Waals surface area contributed by atoms with E-state index in [1.54, 1.807) is 32.9 Å². The molecule has 5 unspecified atom stereocenters. The monoisotopic (exact) mass is 548 g/mol. The van der Waals surface area contributed by atoms with Crippen molar-refractivity contribution in [2.24, 2.45) is 22.9 Å². The number of rotatable bonds is 10. The molecular weight excluding hydrogens is 515 g/mol. The lowest BCUT2D eigenvalue weighted by atomic mass is 9.76. The third kappa shape index (κ3) is 5.26. The second-order valence-electron chi connectivity index (χ2n) is 9.12. The molecule has 0 saturated carbocycles. The minimum atomic E-state index is -0.812. The Balaban J connectivity index is 2.53. The van der Waals surface area contributed by atoms with Gasteiger partial charge in [-0.25, -0.2) is 0 Å². The summed E-state index contributed by atoms with van der Waals surface area (Å²) in [6, 6.07) is 2.51. The van der Waals surface area contributed by atoms with Gasteiger partial charge in [0.1, 0.15) is 0 Å². The van der Waals surface area contributed by atoms with Crippen molar-refractivity contribution in [3.05, 3.63) is 58.2 Å². The Kier molecular flexibility index (Phi) is 8.74. The number of hydrogen-bond acceptors (Lipinski definition) is 10. The van der Waals surface area contributed by atoms with E-state index in [2.05, 4.69) is 22.5 Å². The number of nitrogens with one attached hydrogen (secondary N) is 3. The Morgan fingerprint density at radius 3 is 1.70 bits per heavy atom. The number of benzene rings is 2. The van der Waals surface area contributed by atoms with Crippen LogP contribution in [0.2, 0.25) is 0 Å². The first-order valence-corrected chi connectivity index (χ1v) is 12.7. The first-order chi connectivity index (χ1) is 17.3. The second kappa shape index (κ2) is 11.3. The number of fused-ring (bicyclic) bond motifs is 2. The number of anilines is 4. The van der Waals surface area contributed by atoms with Crippen LogP contribution in [0.25, 0.3) is 0 Å². The van der Waals surface area contributed by atoms with Gasteiger partial charge in [0.25, 0.3) is 0 Å². The average molecular weight is 550 g/mol. The Morgan fingerprint density at radius 2 is 1.30 bits per heavy atom. The van der Waals surface area contributed by atoms with E-state index < -0.39 is 41.5 Å². The summed E-state index contributed by atoms with van der Waals surface area (Å²) >= 11 is 12.8. The van der Waals surface area contributed by atoms with E-state index in [9.17, 15) is 9.59 Å². The zero-order valence-corrected chi connectivity index (χ0v) is 22.5. The average Bonchev–Trinajstić information content (AvgIpc) is 2.81. The number of hydrogen-bond donors (Lipinski definition) is 8. The molecule has 13 N–H and O–H groups in total. The van der Waals surface area contributed by atoms with Crippen LogP contribution in [0.5, 0.6) is 0 Å². The minimum absolute atomic E-state index is 0.0131. The molecular formula is C25H34Cl2N8O2. The molecule has 0 aromatic heterocycles. The highest BCUT2D eigenvalue weighted by Gasteiger charge is 2.41. The molecule has 200 valence electrons. The Bertz CT molecular complexity index is 1250. The summed E-state index contributed by atoms with van der Waals surface area (Å²) in [5, 5.41) is 8.36. The van der Waals surface area contributed by atoms with Crippen LogP contribution in [0.15, 0.2) is 24.8 Å². The quantitative estimate of drug-likeness (QED) is 0.0804. The van der Waals surface area contributed by atoms with Gasteiger partial charge >= 0.3 is 0 Å². The number of carbonyl (C=O) groups is 2. The van der Waals surface area contributed by atoms with Crippen LogP contribution >= 0.6 is 23.2 Å². The fourth-order valence-electron chi connectivity index (χ4n) is 4.58. The molecule has 0 saturated heterocycles. The summed E-state index contributed by atoms with van der Waals surface area (Å²) in [6.07, 6.45) is -0.192. The van der Waals surface area contributed by atoms with Crippen molar-refractivity contribution in [3.63, 3.8) is 0 Å². The van der Waals surface area contributed by atoms with Crippen molar-refractivity contribution < 1.29 is 9.59 Å². The summed E-state index contributed by atoms with van der Waals surface area (Å²) in [6.45, 7) is 8.87. The summed E-state index contributed by atoms with van der Waals surface area (Å²) < 4.78 is 0. The SMILES string of the molecule is C=CC(N)c1c(N)c2c(c(NC(C)N)c1C(Cl)CCl)C(=O)c1c(NC(C)N)ccc(NC(C)N)c1C2=O. The Hall–Kier alpha value is -2.86. The predicted octanol–water partition coefficient (Wildman–Crippen LogP) is 2.90. The highest BCUT2D eigenvalue weighted by molar-refractivity contribution is 6.36. The van der Waals surface area contributed by atoms with Gasteiger partial charge in [0.05, 0.1) is 57.9 Å². The predicted molar refractivity (Wildman–Crippen MR) is 152 cm³/mol. The number of ketones is 2. The molecule has 0 fully saturated rings. The van der Waals surface area contributed by atoms with Crippen molar-refractivity contribution in [2.75, 3.05) is 27.6 Å². The molecule has 3 rings (SSSR count). The second-order valence-corrected chi connectivity index (χ2v) is 9.95. The molecule has 0 bridgehead atoms. The fraction of sp³-hybridized carbons (Fsp3) is 0.360. The van der Waals surface area contributed by atoms with Gasteiger partial charge in [0.2, 0.25) is 0 Å². The van der Waals surface area contributed by atoms with E-state index in [0.717, 1.165) is 0 Å². The van der Waals surface area contributed by atoms with Crippen LogP contribution < -0.4 is 44.6 Å². The normalized spacial score (nSPS) is 16.7. The number of nitrogen functional groups attached to an aromatic ring is 1. The molecule has 0 heterocycles. The van der Waals surface area contributed by atoms with Gasteiger partial charge < -0.3 is 44.6 Å². The summed E-state index contributed by atoms with van der Waals surface area (Å²) in [5.74, 6) is -0.996. The van der Waals surface area contributed by atoms with Crippen molar-refractivity contribution >= 4 is 57.5 Å². The third-order valence-electron chi connectivity index (χ3n) is 5.91. The maximum atomic E-state index is 14.3. The van der Waals surface area contributed by atoms with E-state index in [1.807, 2.05) is 0 Å². The number of alkyl halides is 2. The lowest BCUT2D eigenvalue weighted by Crippen LogP contribution is -2.34. The van der Waals surface area contributed by atoms with E-state index in [0.29, 0.717) is 22.5 Å². The Labute approximate surface area is 226 Å². The summed E-state index contributed by atoms with van der Waals surface area (Å²) in [4.78, 5) is 28.5. The molecule has 0 aliphatic heterocycles. The van der Waals surface area contributed by atoms with Crippen molar-refractivity contribution in [3.8, 4) is 0 Å². The van der Waals surface area contributed by atoms with E-state index in [-0.39, 0.29) is 39.5 Å². The van der Waals surface area contributed by atoms with Crippen molar-refractivity contribution in [1.82, 2.24) is 0 Å². The molecule has 37 heavy (non-hydrogen) atoms.